The Bertz CT molecular complexity index is 655. The van der Waals surface area contributed by atoms with Crippen LogP contribution in [0, 0.1) is 0 Å². The summed E-state index contributed by atoms with van der Waals surface area (Å²) in [7, 11) is 5.99. The molecule has 25 heavy (non-hydrogen) atoms. The molecular weight excluding hydrogens is 332 g/mol. The standard InChI is InChI=1S/C19H28N4OS/c1-5-24-17-10-7-6-9-15(17)13-21-19(20-2)22-14-16(23(3)4)18-11-8-12-25-18/h6-12,16H,5,13-14H2,1-4H3,(H2,20,21,22). The molecule has 2 aromatic rings. The van der Waals surface area contributed by atoms with Crippen molar-refractivity contribution in [2.75, 3.05) is 34.3 Å². The smallest absolute Gasteiger partial charge is 0.191 e. The third kappa shape index (κ3) is 5.76. The molecule has 0 aliphatic rings. The number of likely N-dealkylation sites (N-methyl/N-ethyl adjacent to an activating group) is 1. The molecule has 1 heterocycles. The number of rotatable bonds is 8. The second-order valence-electron chi connectivity index (χ2n) is 5.84. The molecule has 1 atom stereocenters. The van der Waals surface area contributed by atoms with Crippen LogP contribution in [-0.2, 0) is 6.54 Å². The van der Waals surface area contributed by atoms with Gasteiger partial charge in [0.15, 0.2) is 5.96 Å². The molecule has 1 unspecified atom stereocenters. The van der Waals surface area contributed by atoms with Crippen LogP contribution in [0.5, 0.6) is 5.75 Å². The van der Waals surface area contributed by atoms with E-state index < -0.39 is 0 Å². The van der Waals surface area contributed by atoms with Crippen molar-refractivity contribution in [2.24, 2.45) is 4.99 Å². The van der Waals surface area contributed by atoms with Gasteiger partial charge in [0, 0.05) is 30.6 Å². The maximum Gasteiger partial charge on any atom is 0.191 e. The van der Waals surface area contributed by atoms with Crippen LogP contribution in [0.4, 0.5) is 0 Å². The van der Waals surface area contributed by atoms with E-state index in [1.807, 2.05) is 25.1 Å². The predicted molar refractivity (Wildman–Crippen MR) is 107 cm³/mol. The fourth-order valence-corrected chi connectivity index (χ4v) is 3.48. The van der Waals surface area contributed by atoms with E-state index in [2.05, 4.69) is 58.2 Å². The van der Waals surface area contributed by atoms with Gasteiger partial charge in [-0.1, -0.05) is 24.3 Å². The van der Waals surface area contributed by atoms with Gasteiger partial charge >= 0.3 is 0 Å². The predicted octanol–water partition coefficient (Wildman–Crippen LogP) is 3.11. The van der Waals surface area contributed by atoms with E-state index in [0.717, 1.165) is 23.8 Å². The first-order chi connectivity index (χ1) is 12.2. The summed E-state index contributed by atoms with van der Waals surface area (Å²) in [6, 6.07) is 12.7. The number of hydrogen-bond acceptors (Lipinski definition) is 4. The molecule has 5 nitrogen and oxygen atoms in total. The summed E-state index contributed by atoms with van der Waals surface area (Å²) in [6.07, 6.45) is 0. The molecule has 2 rings (SSSR count). The Morgan fingerprint density at radius 3 is 2.64 bits per heavy atom. The molecule has 0 bridgehead atoms. The molecule has 136 valence electrons. The van der Waals surface area contributed by atoms with E-state index in [-0.39, 0.29) is 0 Å². The number of para-hydroxylation sites is 1. The van der Waals surface area contributed by atoms with Crippen LogP contribution < -0.4 is 15.4 Å². The first kappa shape index (κ1) is 19.3. The van der Waals surface area contributed by atoms with Crippen LogP contribution in [0.15, 0.2) is 46.8 Å². The van der Waals surface area contributed by atoms with Crippen molar-refractivity contribution in [1.29, 1.82) is 0 Å². The second kappa shape index (κ2) is 10.1. The molecule has 1 aromatic carbocycles. The fourth-order valence-electron chi connectivity index (χ4n) is 2.56. The number of ether oxygens (including phenoxy) is 1. The summed E-state index contributed by atoms with van der Waals surface area (Å²) < 4.78 is 5.68. The van der Waals surface area contributed by atoms with Crippen molar-refractivity contribution in [3.63, 3.8) is 0 Å². The van der Waals surface area contributed by atoms with Gasteiger partial charge in [0.1, 0.15) is 5.75 Å². The van der Waals surface area contributed by atoms with Crippen molar-refractivity contribution in [3.05, 3.63) is 52.2 Å². The minimum absolute atomic E-state index is 0.314. The number of thiophene rings is 1. The van der Waals surface area contributed by atoms with E-state index in [0.29, 0.717) is 19.2 Å². The van der Waals surface area contributed by atoms with Crippen LogP contribution in [0.25, 0.3) is 0 Å². The lowest BCUT2D eigenvalue weighted by molar-refractivity contribution is 0.302. The van der Waals surface area contributed by atoms with E-state index >= 15 is 0 Å². The van der Waals surface area contributed by atoms with Gasteiger partial charge < -0.3 is 20.3 Å². The summed E-state index contributed by atoms with van der Waals surface area (Å²) in [5.41, 5.74) is 1.12. The Labute approximate surface area is 154 Å². The molecule has 0 saturated carbocycles. The number of guanidine groups is 1. The maximum atomic E-state index is 5.68. The monoisotopic (exact) mass is 360 g/mol. The Balaban J connectivity index is 1.93. The lowest BCUT2D eigenvalue weighted by Crippen LogP contribution is -2.41. The number of nitrogens with zero attached hydrogens (tertiary/aromatic N) is 2. The van der Waals surface area contributed by atoms with Crippen LogP contribution >= 0.6 is 11.3 Å². The zero-order valence-electron chi connectivity index (χ0n) is 15.5. The number of aliphatic imine (C=N–C) groups is 1. The second-order valence-corrected chi connectivity index (χ2v) is 6.82. The Morgan fingerprint density at radius 2 is 2.00 bits per heavy atom. The first-order valence-electron chi connectivity index (χ1n) is 8.50. The molecule has 0 radical (unpaired) electrons. The molecular formula is C19H28N4OS. The zero-order valence-corrected chi connectivity index (χ0v) is 16.3. The molecule has 6 heteroatoms. The molecule has 0 spiro atoms. The number of benzene rings is 1. The molecule has 1 aromatic heterocycles. The van der Waals surface area contributed by atoms with Crippen molar-refractivity contribution in [1.82, 2.24) is 15.5 Å². The highest BCUT2D eigenvalue weighted by Gasteiger charge is 2.15. The molecule has 0 fully saturated rings. The SMILES string of the molecule is CCOc1ccccc1CNC(=NC)NCC(c1cccs1)N(C)C. The van der Waals surface area contributed by atoms with E-state index in [1.54, 1.807) is 18.4 Å². The van der Waals surface area contributed by atoms with Gasteiger partial charge in [0.25, 0.3) is 0 Å². The minimum atomic E-state index is 0.314. The van der Waals surface area contributed by atoms with Gasteiger partial charge in [0.2, 0.25) is 0 Å². The molecule has 2 N–H and O–H groups in total. The Kier molecular flexibility index (Phi) is 7.76. The van der Waals surface area contributed by atoms with Gasteiger partial charge in [-0.2, -0.15) is 0 Å². The average Bonchev–Trinajstić information content (AvgIpc) is 3.13. The van der Waals surface area contributed by atoms with Crippen molar-refractivity contribution >= 4 is 17.3 Å². The molecule has 0 aliphatic heterocycles. The minimum Gasteiger partial charge on any atom is -0.494 e. The number of hydrogen-bond donors (Lipinski definition) is 2. The quantitative estimate of drug-likeness (QED) is 0.561. The van der Waals surface area contributed by atoms with Crippen LogP contribution in [-0.4, -0.2) is 45.2 Å². The number of nitrogens with one attached hydrogen (secondary N) is 2. The van der Waals surface area contributed by atoms with Gasteiger partial charge in [-0.15, -0.1) is 11.3 Å². The molecule has 0 amide bonds. The van der Waals surface area contributed by atoms with Gasteiger partial charge in [-0.3, -0.25) is 4.99 Å². The topological polar surface area (TPSA) is 48.9 Å². The lowest BCUT2D eigenvalue weighted by Gasteiger charge is -2.24. The first-order valence-corrected chi connectivity index (χ1v) is 9.38. The highest BCUT2D eigenvalue weighted by molar-refractivity contribution is 7.10. The highest BCUT2D eigenvalue weighted by atomic mass is 32.1. The summed E-state index contributed by atoms with van der Waals surface area (Å²) in [5, 5.41) is 8.91. The largest absolute Gasteiger partial charge is 0.494 e. The lowest BCUT2D eigenvalue weighted by atomic mass is 10.2. The van der Waals surface area contributed by atoms with Gasteiger partial charge in [-0.05, 0) is 38.5 Å². The van der Waals surface area contributed by atoms with Gasteiger partial charge in [0.05, 0.1) is 12.6 Å². The maximum absolute atomic E-state index is 5.68. The summed E-state index contributed by atoms with van der Waals surface area (Å²) in [6.45, 7) is 4.12. The van der Waals surface area contributed by atoms with Crippen LogP contribution in [0.1, 0.15) is 23.4 Å². The van der Waals surface area contributed by atoms with Crippen molar-refractivity contribution in [3.8, 4) is 5.75 Å². The van der Waals surface area contributed by atoms with E-state index in [1.165, 1.54) is 4.88 Å². The van der Waals surface area contributed by atoms with Gasteiger partial charge in [-0.25, -0.2) is 0 Å². The highest BCUT2D eigenvalue weighted by Crippen LogP contribution is 2.22. The van der Waals surface area contributed by atoms with E-state index in [4.69, 9.17) is 4.74 Å². The summed E-state index contributed by atoms with van der Waals surface area (Å²) >= 11 is 1.78. The fraction of sp³-hybridized carbons (Fsp3) is 0.421. The van der Waals surface area contributed by atoms with Crippen LogP contribution in [0.2, 0.25) is 0 Å². The Hall–Kier alpha value is -2.05. The summed E-state index contributed by atoms with van der Waals surface area (Å²) in [4.78, 5) is 7.89. The third-order valence-electron chi connectivity index (χ3n) is 3.90. The van der Waals surface area contributed by atoms with Crippen molar-refractivity contribution in [2.45, 2.75) is 19.5 Å². The molecule has 0 saturated heterocycles. The normalized spacial score (nSPS) is 12.9. The van der Waals surface area contributed by atoms with Crippen LogP contribution in [0.3, 0.4) is 0 Å². The van der Waals surface area contributed by atoms with E-state index in [9.17, 15) is 0 Å². The van der Waals surface area contributed by atoms with Crippen molar-refractivity contribution < 1.29 is 4.74 Å². The third-order valence-corrected chi connectivity index (χ3v) is 4.87. The summed E-state index contributed by atoms with van der Waals surface area (Å²) in [5.74, 6) is 1.70. The Morgan fingerprint density at radius 1 is 1.20 bits per heavy atom. The molecule has 0 aliphatic carbocycles. The zero-order chi connectivity index (χ0) is 18.1. The average molecular weight is 361 g/mol.